The van der Waals surface area contributed by atoms with E-state index in [0.717, 1.165) is 0 Å². The summed E-state index contributed by atoms with van der Waals surface area (Å²) in [6.07, 6.45) is -3.81. The molecular weight excluding hydrogens is 247 g/mol. The van der Waals surface area contributed by atoms with Gasteiger partial charge >= 0.3 is 6.36 Å². The Balaban J connectivity index is 2.61. The van der Waals surface area contributed by atoms with Gasteiger partial charge in [-0.2, -0.15) is 0 Å². The van der Waals surface area contributed by atoms with E-state index in [-0.39, 0.29) is 11.6 Å². The fraction of sp³-hybridized carbons (Fsp3) is 1.00. The van der Waals surface area contributed by atoms with Crippen LogP contribution in [0.15, 0.2) is 0 Å². The molecule has 1 aliphatic carbocycles. The minimum absolute atomic E-state index is 0.0735. The molecule has 2 unspecified atom stereocenters. The Bertz CT molecular complexity index is 269. The van der Waals surface area contributed by atoms with Gasteiger partial charge in [0.1, 0.15) is 0 Å². The fourth-order valence-electron chi connectivity index (χ4n) is 2.34. The lowest BCUT2D eigenvalue weighted by atomic mass is 9.97. The second-order valence-electron chi connectivity index (χ2n) is 5.41. The van der Waals surface area contributed by atoms with Crippen molar-refractivity contribution in [3.05, 3.63) is 0 Å². The van der Waals surface area contributed by atoms with Crippen molar-refractivity contribution in [2.75, 3.05) is 20.7 Å². The van der Waals surface area contributed by atoms with E-state index in [2.05, 4.69) is 4.74 Å². The number of halogens is 3. The molecule has 0 aromatic carbocycles. The summed E-state index contributed by atoms with van der Waals surface area (Å²) in [5, 5.41) is 0. The Kier molecular flexibility index (Phi) is 5.03. The van der Waals surface area contributed by atoms with Crippen molar-refractivity contribution in [1.29, 1.82) is 0 Å². The molecule has 0 aromatic rings. The maximum absolute atomic E-state index is 12.2. The van der Waals surface area contributed by atoms with Crippen LogP contribution in [0.25, 0.3) is 0 Å². The van der Waals surface area contributed by atoms with Gasteiger partial charge in [0.05, 0.1) is 18.8 Å². The molecule has 0 aliphatic heterocycles. The first-order chi connectivity index (χ1) is 8.15. The van der Waals surface area contributed by atoms with Crippen LogP contribution in [0.5, 0.6) is 0 Å². The van der Waals surface area contributed by atoms with E-state index in [9.17, 15) is 13.2 Å². The summed E-state index contributed by atoms with van der Waals surface area (Å²) in [7, 11) is 3.75. The van der Waals surface area contributed by atoms with Gasteiger partial charge in [-0.15, -0.1) is 13.2 Å². The molecule has 0 aromatic heterocycles. The van der Waals surface area contributed by atoms with E-state index in [1.54, 1.807) is 0 Å². The third kappa shape index (κ3) is 4.40. The van der Waals surface area contributed by atoms with Crippen LogP contribution < -0.4 is 0 Å². The normalized spacial score (nSPS) is 29.5. The molecule has 0 spiro atoms. The molecule has 3 nitrogen and oxygen atoms in total. The Morgan fingerprint density at radius 3 is 2.39 bits per heavy atom. The largest absolute Gasteiger partial charge is 0.522 e. The molecule has 18 heavy (non-hydrogen) atoms. The monoisotopic (exact) mass is 269 g/mol. The third-order valence-corrected chi connectivity index (χ3v) is 3.47. The van der Waals surface area contributed by atoms with Gasteiger partial charge in [0, 0.05) is 5.54 Å². The minimum Gasteiger partial charge on any atom is -0.377 e. The quantitative estimate of drug-likeness (QED) is 0.766. The van der Waals surface area contributed by atoms with Crippen molar-refractivity contribution >= 4 is 0 Å². The van der Waals surface area contributed by atoms with Crippen LogP contribution in [0.2, 0.25) is 0 Å². The van der Waals surface area contributed by atoms with Crippen LogP contribution in [-0.2, 0) is 9.47 Å². The van der Waals surface area contributed by atoms with Gasteiger partial charge in [0.25, 0.3) is 0 Å². The minimum atomic E-state index is -4.55. The van der Waals surface area contributed by atoms with Crippen molar-refractivity contribution in [2.24, 2.45) is 0 Å². The lowest BCUT2D eigenvalue weighted by molar-refractivity contribution is -0.342. The maximum Gasteiger partial charge on any atom is 0.522 e. The van der Waals surface area contributed by atoms with Gasteiger partial charge < -0.3 is 9.64 Å². The van der Waals surface area contributed by atoms with Crippen molar-refractivity contribution in [2.45, 2.75) is 57.2 Å². The van der Waals surface area contributed by atoms with E-state index >= 15 is 0 Å². The molecule has 0 amide bonds. The van der Waals surface area contributed by atoms with Crippen LogP contribution in [0, 0.1) is 0 Å². The second kappa shape index (κ2) is 5.75. The molecule has 1 rings (SSSR count). The molecule has 108 valence electrons. The Morgan fingerprint density at radius 1 is 1.33 bits per heavy atom. The topological polar surface area (TPSA) is 21.7 Å². The Morgan fingerprint density at radius 2 is 1.94 bits per heavy atom. The third-order valence-electron chi connectivity index (χ3n) is 3.47. The summed E-state index contributed by atoms with van der Waals surface area (Å²) in [5.41, 5.74) is -0.347. The first-order valence-electron chi connectivity index (χ1n) is 6.18. The Hall–Kier alpha value is -0.330. The smallest absolute Gasteiger partial charge is 0.377 e. The predicted molar refractivity (Wildman–Crippen MR) is 62.3 cm³/mol. The van der Waals surface area contributed by atoms with Gasteiger partial charge in [-0.05, 0) is 47.2 Å². The molecule has 0 heterocycles. The van der Waals surface area contributed by atoms with Crippen LogP contribution in [-0.4, -0.2) is 49.7 Å². The summed E-state index contributed by atoms with van der Waals surface area (Å²) in [5.74, 6) is 0. The predicted octanol–water partition coefficient (Wildman–Crippen LogP) is 2.80. The molecule has 0 saturated heterocycles. The van der Waals surface area contributed by atoms with Gasteiger partial charge in [-0.25, -0.2) is 0 Å². The number of hydrogen-bond donors (Lipinski definition) is 0. The van der Waals surface area contributed by atoms with Gasteiger partial charge in [-0.1, -0.05) is 0 Å². The number of ether oxygens (including phenoxy) is 2. The van der Waals surface area contributed by atoms with Crippen LogP contribution in [0.4, 0.5) is 13.2 Å². The van der Waals surface area contributed by atoms with E-state index in [1.165, 1.54) is 0 Å². The van der Waals surface area contributed by atoms with E-state index < -0.39 is 12.5 Å². The van der Waals surface area contributed by atoms with E-state index in [4.69, 9.17) is 4.74 Å². The van der Waals surface area contributed by atoms with Crippen molar-refractivity contribution < 1.29 is 22.6 Å². The summed E-state index contributed by atoms with van der Waals surface area (Å²) >= 11 is 0. The van der Waals surface area contributed by atoms with Crippen LogP contribution in [0.3, 0.4) is 0 Å². The number of alkyl halides is 3. The first-order valence-corrected chi connectivity index (χ1v) is 6.18. The lowest BCUT2D eigenvalue weighted by Gasteiger charge is -2.37. The van der Waals surface area contributed by atoms with Crippen molar-refractivity contribution in [1.82, 2.24) is 4.90 Å². The Labute approximate surface area is 106 Å². The SMILES string of the molecule is CC(C)OCC1(N(C)C)CCC(OC(F)(F)F)C1. The molecule has 6 heteroatoms. The van der Waals surface area contributed by atoms with Crippen LogP contribution in [0.1, 0.15) is 33.1 Å². The molecule has 0 radical (unpaired) electrons. The number of rotatable bonds is 5. The summed E-state index contributed by atoms with van der Waals surface area (Å²) < 4.78 is 46.3. The molecule has 0 bridgehead atoms. The zero-order valence-corrected chi connectivity index (χ0v) is 11.4. The standard InChI is InChI=1S/C12H22F3NO2/c1-9(2)17-8-11(16(3)4)6-5-10(7-11)18-12(13,14)15/h9-10H,5-8H2,1-4H3. The molecule has 1 saturated carbocycles. The summed E-state index contributed by atoms with van der Waals surface area (Å²) in [6.45, 7) is 4.28. The average Bonchev–Trinajstić information content (AvgIpc) is 2.57. The molecule has 1 fully saturated rings. The maximum atomic E-state index is 12.2. The zero-order chi connectivity index (χ0) is 14.0. The summed E-state index contributed by atoms with van der Waals surface area (Å²) in [4.78, 5) is 1.95. The van der Waals surface area contributed by atoms with E-state index in [0.29, 0.717) is 25.9 Å². The highest BCUT2D eigenvalue weighted by Gasteiger charge is 2.45. The van der Waals surface area contributed by atoms with Crippen LogP contribution >= 0.6 is 0 Å². The lowest BCUT2D eigenvalue weighted by Crippen LogP contribution is -2.47. The van der Waals surface area contributed by atoms with Gasteiger partial charge in [-0.3, -0.25) is 4.74 Å². The number of likely N-dealkylation sites (N-methyl/N-ethyl adjacent to an activating group) is 1. The second-order valence-corrected chi connectivity index (χ2v) is 5.41. The molecule has 1 aliphatic rings. The molecule has 0 N–H and O–H groups in total. The number of hydrogen-bond acceptors (Lipinski definition) is 3. The first kappa shape index (κ1) is 15.7. The highest BCUT2D eigenvalue weighted by atomic mass is 19.4. The number of nitrogens with zero attached hydrogens (tertiary/aromatic N) is 1. The zero-order valence-electron chi connectivity index (χ0n) is 11.4. The fourth-order valence-corrected chi connectivity index (χ4v) is 2.34. The highest BCUT2D eigenvalue weighted by molar-refractivity contribution is 4.97. The summed E-state index contributed by atoms with van der Waals surface area (Å²) in [6, 6.07) is 0. The van der Waals surface area contributed by atoms with Gasteiger partial charge in [0.2, 0.25) is 0 Å². The molecular formula is C12H22F3NO2. The van der Waals surface area contributed by atoms with Crippen molar-refractivity contribution in [3.63, 3.8) is 0 Å². The van der Waals surface area contributed by atoms with Gasteiger partial charge in [0.15, 0.2) is 0 Å². The average molecular weight is 269 g/mol. The molecule has 2 atom stereocenters. The van der Waals surface area contributed by atoms with Crippen molar-refractivity contribution in [3.8, 4) is 0 Å². The highest BCUT2D eigenvalue weighted by Crippen LogP contribution is 2.38. The van der Waals surface area contributed by atoms with E-state index in [1.807, 2.05) is 32.8 Å².